The van der Waals surface area contributed by atoms with Gasteiger partial charge in [0.1, 0.15) is 0 Å². The van der Waals surface area contributed by atoms with Crippen LogP contribution in [0.2, 0.25) is 0 Å². The lowest BCUT2D eigenvalue weighted by atomic mass is 10.0. The lowest BCUT2D eigenvalue weighted by Gasteiger charge is -2.17. The molecule has 4 nitrogen and oxygen atoms in total. The van der Waals surface area contributed by atoms with Crippen molar-refractivity contribution in [2.24, 2.45) is 11.8 Å². The Labute approximate surface area is 117 Å². The molecule has 0 bridgehead atoms. The second-order valence-corrected chi connectivity index (χ2v) is 5.80. The molecule has 2 fully saturated rings. The Morgan fingerprint density at radius 2 is 2.00 bits per heavy atom. The molecule has 3 heterocycles. The van der Waals surface area contributed by atoms with Crippen LogP contribution in [0.15, 0.2) is 36.5 Å². The summed E-state index contributed by atoms with van der Waals surface area (Å²) < 4.78 is 0. The number of nitrogens with one attached hydrogen (secondary N) is 1. The van der Waals surface area contributed by atoms with Gasteiger partial charge in [-0.05, 0) is 36.1 Å². The summed E-state index contributed by atoms with van der Waals surface area (Å²) in [5.41, 5.74) is 1.71. The van der Waals surface area contributed by atoms with Gasteiger partial charge in [-0.15, -0.1) is 0 Å². The maximum absolute atomic E-state index is 12.6. The summed E-state index contributed by atoms with van der Waals surface area (Å²) in [5, 5.41) is 4.43. The fraction of sp³-hybridized carbons (Fsp3) is 0.375. The van der Waals surface area contributed by atoms with Crippen LogP contribution in [-0.4, -0.2) is 42.0 Å². The summed E-state index contributed by atoms with van der Waals surface area (Å²) in [6.45, 7) is 3.88. The SMILES string of the molecule is O=C(c1ccc2ncccc2c1)N1CC2CNCC2C1. The zero-order valence-electron chi connectivity index (χ0n) is 11.2. The molecule has 0 aliphatic carbocycles. The van der Waals surface area contributed by atoms with Crippen LogP contribution in [0.3, 0.4) is 0 Å². The molecule has 0 radical (unpaired) electrons. The first-order valence-corrected chi connectivity index (χ1v) is 7.16. The summed E-state index contributed by atoms with van der Waals surface area (Å²) in [4.78, 5) is 18.9. The van der Waals surface area contributed by atoms with Crippen molar-refractivity contribution in [1.29, 1.82) is 0 Å². The Bertz CT molecular complexity index is 658. The number of pyridine rings is 1. The summed E-state index contributed by atoms with van der Waals surface area (Å²) in [6.07, 6.45) is 1.78. The van der Waals surface area contributed by atoms with Gasteiger partial charge in [-0.2, -0.15) is 0 Å². The molecule has 1 N–H and O–H groups in total. The first-order valence-electron chi connectivity index (χ1n) is 7.16. The topological polar surface area (TPSA) is 45.2 Å². The molecular formula is C16H17N3O. The number of benzene rings is 1. The van der Waals surface area contributed by atoms with Crippen LogP contribution in [0, 0.1) is 11.8 Å². The van der Waals surface area contributed by atoms with E-state index in [1.165, 1.54) is 0 Å². The van der Waals surface area contributed by atoms with Gasteiger partial charge >= 0.3 is 0 Å². The van der Waals surface area contributed by atoms with Crippen molar-refractivity contribution < 1.29 is 4.79 Å². The maximum Gasteiger partial charge on any atom is 0.253 e. The fourth-order valence-electron chi connectivity index (χ4n) is 3.41. The van der Waals surface area contributed by atoms with Crippen LogP contribution in [0.25, 0.3) is 10.9 Å². The van der Waals surface area contributed by atoms with Gasteiger partial charge in [0.2, 0.25) is 0 Å². The van der Waals surface area contributed by atoms with E-state index >= 15 is 0 Å². The van der Waals surface area contributed by atoms with E-state index in [1.807, 2.05) is 35.2 Å². The van der Waals surface area contributed by atoms with Crippen LogP contribution < -0.4 is 5.32 Å². The van der Waals surface area contributed by atoms with Crippen LogP contribution in [0.5, 0.6) is 0 Å². The minimum Gasteiger partial charge on any atom is -0.338 e. The van der Waals surface area contributed by atoms with Gasteiger partial charge in [-0.25, -0.2) is 0 Å². The number of aromatic nitrogens is 1. The van der Waals surface area contributed by atoms with Gasteiger partial charge < -0.3 is 10.2 Å². The third-order valence-corrected chi connectivity index (χ3v) is 4.53. The summed E-state index contributed by atoms with van der Waals surface area (Å²) >= 11 is 0. The van der Waals surface area contributed by atoms with Crippen LogP contribution in [-0.2, 0) is 0 Å². The van der Waals surface area contributed by atoms with Gasteiger partial charge in [-0.3, -0.25) is 9.78 Å². The smallest absolute Gasteiger partial charge is 0.253 e. The molecule has 1 aromatic heterocycles. The summed E-state index contributed by atoms with van der Waals surface area (Å²) in [5.74, 6) is 1.44. The van der Waals surface area contributed by atoms with E-state index in [1.54, 1.807) is 6.20 Å². The van der Waals surface area contributed by atoms with Crippen molar-refractivity contribution >= 4 is 16.8 Å². The number of hydrogen-bond donors (Lipinski definition) is 1. The molecule has 4 heteroatoms. The lowest BCUT2D eigenvalue weighted by Crippen LogP contribution is -2.31. The molecule has 4 rings (SSSR count). The molecule has 2 unspecified atom stereocenters. The van der Waals surface area contributed by atoms with Crippen molar-refractivity contribution in [1.82, 2.24) is 15.2 Å². The number of carbonyl (C=O) groups is 1. The first kappa shape index (κ1) is 11.9. The Hall–Kier alpha value is -1.94. The zero-order chi connectivity index (χ0) is 13.5. The zero-order valence-corrected chi connectivity index (χ0v) is 11.2. The molecule has 2 aliphatic heterocycles. The highest BCUT2D eigenvalue weighted by Gasteiger charge is 2.38. The summed E-state index contributed by atoms with van der Waals surface area (Å²) in [7, 11) is 0. The normalized spacial score (nSPS) is 25.1. The van der Waals surface area contributed by atoms with E-state index in [9.17, 15) is 4.79 Å². The van der Waals surface area contributed by atoms with Crippen molar-refractivity contribution in [3.05, 3.63) is 42.1 Å². The molecular weight excluding hydrogens is 250 g/mol. The van der Waals surface area contributed by atoms with Crippen molar-refractivity contribution in [3.63, 3.8) is 0 Å². The van der Waals surface area contributed by atoms with Gasteiger partial charge in [0.05, 0.1) is 5.52 Å². The number of rotatable bonds is 1. The Balaban J connectivity index is 1.61. The van der Waals surface area contributed by atoms with Crippen molar-refractivity contribution in [3.8, 4) is 0 Å². The molecule has 1 amide bonds. The highest BCUT2D eigenvalue weighted by molar-refractivity contribution is 5.98. The second kappa shape index (κ2) is 4.56. The van der Waals surface area contributed by atoms with Gasteiger partial charge in [0.15, 0.2) is 0 Å². The second-order valence-electron chi connectivity index (χ2n) is 5.80. The minimum atomic E-state index is 0.158. The Morgan fingerprint density at radius 3 is 2.80 bits per heavy atom. The molecule has 0 spiro atoms. The quantitative estimate of drug-likeness (QED) is 0.852. The predicted molar refractivity (Wildman–Crippen MR) is 77.5 cm³/mol. The highest BCUT2D eigenvalue weighted by atomic mass is 16.2. The van der Waals surface area contributed by atoms with Crippen molar-refractivity contribution in [2.75, 3.05) is 26.2 Å². The Morgan fingerprint density at radius 1 is 1.20 bits per heavy atom. The molecule has 2 saturated heterocycles. The number of amides is 1. The minimum absolute atomic E-state index is 0.158. The van der Waals surface area contributed by atoms with E-state index in [0.29, 0.717) is 11.8 Å². The number of nitrogens with zero attached hydrogens (tertiary/aromatic N) is 2. The number of carbonyl (C=O) groups excluding carboxylic acids is 1. The van der Waals surface area contributed by atoms with Crippen molar-refractivity contribution in [2.45, 2.75) is 0 Å². The molecule has 1 aromatic carbocycles. The average molecular weight is 267 g/mol. The molecule has 2 atom stereocenters. The van der Waals surface area contributed by atoms with E-state index in [0.717, 1.165) is 42.6 Å². The molecule has 2 aromatic rings. The lowest BCUT2D eigenvalue weighted by molar-refractivity contribution is 0.0782. The van der Waals surface area contributed by atoms with Crippen LogP contribution >= 0.6 is 0 Å². The van der Waals surface area contributed by atoms with Gasteiger partial charge in [0.25, 0.3) is 5.91 Å². The third kappa shape index (κ3) is 1.88. The molecule has 20 heavy (non-hydrogen) atoms. The number of hydrogen-bond acceptors (Lipinski definition) is 3. The average Bonchev–Trinajstić information content (AvgIpc) is 3.07. The third-order valence-electron chi connectivity index (χ3n) is 4.53. The molecule has 102 valence electrons. The van der Waals surface area contributed by atoms with E-state index in [-0.39, 0.29) is 5.91 Å². The largest absolute Gasteiger partial charge is 0.338 e. The predicted octanol–water partition coefficient (Wildman–Crippen LogP) is 1.53. The van der Waals surface area contributed by atoms with Crippen LogP contribution in [0.1, 0.15) is 10.4 Å². The Kier molecular flexibility index (Phi) is 2.70. The fourth-order valence-corrected chi connectivity index (χ4v) is 3.41. The summed E-state index contributed by atoms with van der Waals surface area (Å²) in [6, 6.07) is 9.69. The standard InChI is InChI=1S/C16H17N3O/c20-16(19-9-13-7-17-8-14(13)10-19)12-3-4-15-11(6-12)2-1-5-18-15/h1-6,13-14,17H,7-10H2. The molecule has 0 saturated carbocycles. The van der Waals surface area contributed by atoms with E-state index in [4.69, 9.17) is 0 Å². The van der Waals surface area contributed by atoms with E-state index in [2.05, 4.69) is 10.3 Å². The monoisotopic (exact) mass is 267 g/mol. The maximum atomic E-state index is 12.6. The van der Waals surface area contributed by atoms with Gasteiger partial charge in [0, 0.05) is 43.3 Å². The first-order chi connectivity index (χ1) is 9.81. The van der Waals surface area contributed by atoms with Gasteiger partial charge in [-0.1, -0.05) is 6.07 Å². The number of likely N-dealkylation sites (tertiary alicyclic amines) is 1. The van der Waals surface area contributed by atoms with Crippen LogP contribution in [0.4, 0.5) is 0 Å². The van der Waals surface area contributed by atoms with E-state index < -0.39 is 0 Å². The number of fused-ring (bicyclic) bond motifs is 2. The highest BCUT2D eigenvalue weighted by Crippen LogP contribution is 2.27. The molecule has 2 aliphatic rings.